The topological polar surface area (TPSA) is 48.7 Å². The fourth-order valence-corrected chi connectivity index (χ4v) is 4.11. The summed E-state index contributed by atoms with van der Waals surface area (Å²) in [7, 11) is 0. The van der Waals surface area contributed by atoms with E-state index in [0.717, 1.165) is 21.9 Å². The maximum absolute atomic E-state index is 14.1. The number of hydrogen-bond acceptors (Lipinski definition) is 5. The van der Waals surface area contributed by atoms with Crippen molar-refractivity contribution in [3.8, 4) is 5.75 Å². The largest absolute Gasteiger partial charge is 0.460 e. The van der Waals surface area contributed by atoms with E-state index in [-0.39, 0.29) is 5.82 Å². The zero-order valence-electron chi connectivity index (χ0n) is 14.8. The smallest absolute Gasteiger partial charge is 0.227 e. The molecule has 0 radical (unpaired) electrons. The van der Waals surface area contributed by atoms with E-state index in [9.17, 15) is 4.39 Å². The molecule has 7 heteroatoms. The molecule has 1 aliphatic heterocycles. The van der Waals surface area contributed by atoms with Crippen LogP contribution < -0.4 is 4.74 Å². The first-order chi connectivity index (χ1) is 13.8. The van der Waals surface area contributed by atoms with Gasteiger partial charge in [0.05, 0.1) is 6.61 Å². The second-order valence-electron chi connectivity index (χ2n) is 6.42. The highest BCUT2D eigenvalue weighted by atomic mass is 32.2. The van der Waals surface area contributed by atoms with Gasteiger partial charge >= 0.3 is 0 Å². The maximum Gasteiger partial charge on any atom is 0.227 e. The van der Waals surface area contributed by atoms with Crippen LogP contribution in [0.2, 0.25) is 0 Å². The highest BCUT2D eigenvalue weighted by Crippen LogP contribution is 2.38. The Morgan fingerprint density at radius 1 is 1.07 bits per heavy atom. The fourth-order valence-electron chi connectivity index (χ4n) is 3.22. The van der Waals surface area contributed by atoms with Crippen LogP contribution in [0.1, 0.15) is 23.0 Å². The molecule has 1 aliphatic rings. The van der Waals surface area contributed by atoms with Gasteiger partial charge in [0.2, 0.25) is 6.29 Å². The Balaban J connectivity index is 1.43. The van der Waals surface area contributed by atoms with E-state index in [1.165, 1.54) is 23.9 Å². The van der Waals surface area contributed by atoms with Gasteiger partial charge in [0, 0.05) is 28.6 Å². The van der Waals surface area contributed by atoms with Crippen molar-refractivity contribution in [1.82, 2.24) is 14.6 Å². The van der Waals surface area contributed by atoms with Gasteiger partial charge in [-0.3, -0.25) is 4.40 Å². The molecule has 2 aromatic heterocycles. The summed E-state index contributed by atoms with van der Waals surface area (Å²) in [6.45, 7) is 0.304. The molecule has 0 aliphatic carbocycles. The molecule has 5 nitrogen and oxygen atoms in total. The Labute approximate surface area is 165 Å². The van der Waals surface area contributed by atoms with Crippen LogP contribution in [-0.2, 0) is 17.1 Å². The molecule has 0 fully saturated rings. The molecule has 28 heavy (non-hydrogen) atoms. The monoisotopic (exact) mass is 393 g/mol. The third kappa shape index (κ3) is 3.23. The summed E-state index contributed by atoms with van der Waals surface area (Å²) in [5.74, 6) is 0.894. The Morgan fingerprint density at radius 3 is 2.82 bits per heavy atom. The van der Waals surface area contributed by atoms with Gasteiger partial charge in [0.15, 0.2) is 10.8 Å². The molecule has 2 aromatic carbocycles. The van der Waals surface area contributed by atoms with Gasteiger partial charge in [0.1, 0.15) is 11.6 Å². The predicted octanol–water partition coefficient (Wildman–Crippen LogP) is 4.77. The molecule has 0 saturated heterocycles. The number of ether oxygens (including phenoxy) is 2. The maximum atomic E-state index is 14.1. The van der Waals surface area contributed by atoms with Crippen LogP contribution in [0.25, 0.3) is 5.65 Å². The third-order valence-corrected chi connectivity index (χ3v) is 5.53. The number of aromatic nitrogens is 3. The van der Waals surface area contributed by atoms with Crippen LogP contribution in [0.4, 0.5) is 4.39 Å². The lowest BCUT2D eigenvalue weighted by Crippen LogP contribution is -2.19. The minimum Gasteiger partial charge on any atom is -0.460 e. The summed E-state index contributed by atoms with van der Waals surface area (Å²) in [5, 5.41) is 9.13. The number of nitrogens with zero attached hydrogens (tertiary/aromatic N) is 3. The molecule has 0 N–H and O–H groups in total. The van der Waals surface area contributed by atoms with Gasteiger partial charge < -0.3 is 9.47 Å². The van der Waals surface area contributed by atoms with E-state index in [2.05, 4.69) is 10.2 Å². The summed E-state index contributed by atoms with van der Waals surface area (Å²) in [5.41, 5.74) is 3.20. The lowest BCUT2D eigenvalue weighted by Gasteiger charge is -2.28. The van der Waals surface area contributed by atoms with Gasteiger partial charge in [-0.05, 0) is 24.3 Å². The highest BCUT2D eigenvalue weighted by molar-refractivity contribution is 7.98. The number of rotatable bonds is 4. The summed E-state index contributed by atoms with van der Waals surface area (Å²) >= 11 is 1.49. The summed E-state index contributed by atoms with van der Waals surface area (Å²) in [6.07, 6.45) is 1.41. The van der Waals surface area contributed by atoms with Crippen molar-refractivity contribution in [2.45, 2.75) is 23.8 Å². The molecule has 0 bridgehead atoms. The second kappa shape index (κ2) is 7.26. The SMILES string of the molecule is Fc1cc2c(c(CSc3nnc4ccccn34)c1)OC(c1ccccc1)OC2. The zero-order valence-corrected chi connectivity index (χ0v) is 15.6. The first-order valence-corrected chi connectivity index (χ1v) is 9.83. The summed E-state index contributed by atoms with van der Waals surface area (Å²) in [4.78, 5) is 0. The van der Waals surface area contributed by atoms with Crippen LogP contribution in [0, 0.1) is 5.82 Å². The fraction of sp³-hybridized carbons (Fsp3) is 0.143. The van der Waals surface area contributed by atoms with Crippen molar-refractivity contribution in [2.75, 3.05) is 0 Å². The molecule has 3 heterocycles. The van der Waals surface area contributed by atoms with Gasteiger partial charge in [-0.2, -0.15) is 0 Å². The molecule has 5 rings (SSSR count). The van der Waals surface area contributed by atoms with E-state index < -0.39 is 6.29 Å². The van der Waals surface area contributed by atoms with Crippen LogP contribution in [0.3, 0.4) is 0 Å². The number of fused-ring (bicyclic) bond motifs is 2. The van der Waals surface area contributed by atoms with Crippen molar-refractivity contribution in [2.24, 2.45) is 0 Å². The average Bonchev–Trinajstić information content (AvgIpc) is 3.15. The van der Waals surface area contributed by atoms with Crippen molar-refractivity contribution in [1.29, 1.82) is 0 Å². The Bertz CT molecular complexity index is 1130. The molecule has 0 spiro atoms. The van der Waals surface area contributed by atoms with E-state index in [1.807, 2.05) is 59.1 Å². The molecular formula is C21H16FN3O2S. The van der Waals surface area contributed by atoms with Gasteiger partial charge in [-0.25, -0.2) is 4.39 Å². The third-order valence-electron chi connectivity index (χ3n) is 4.53. The van der Waals surface area contributed by atoms with E-state index in [4.69, 9.17) is 9.47 Å². The number of benzene rings is 2. The summed E-state index contributed by atoms with van der Waals surface area (Å²) < 4.78 is 28.0. The Morgan fingerprint density at radius 2 is 1.93 bits per heavy atom. The van der Waals surface area contributed by atoms with Crippen molar-refractivity contribution in [3.63, 3.8) is 0 Å². The molecule has 0 amide bonds. The highest BCUT2D eigenvalue weighted by Gasteiger charge is 2.25. The molecule has 140 valence electrons. The number of halogens is 1. The number of thioether (sulfide) groups is 1. The van der Waals surface area contributed by atoms with Gasteiger partial charge in [-0.15, -0.1) is 10.2 Å². The minimum absolute atomic E-state index is 0.300. The Kier molecular flexibility index (Phi) is 4.46. The number of pyridine rings is 1. The average molecular weight is 393 g/mol. The molecule has 1 atom stereocenters. The van der Waals surface area contributed by atoms with Crippen molar-refractivity contribution >= 4 is 17.4 Å². The van der Waals surface area contributed by atoms with Crippen LogP contribution in [0.15, 0.2) is 72.0 Å². The summed E-state index contributed by atoms with van der Waals surface area (Å²) in [6, 6.07) is 18.5. The van der Waals surface area contributed by atoms with Crippen LogP contribution >= 0.6 is 11.8 Å². The van der Waals surface area contributed by atoms with Gasteiger partial charge in [-0.1, -0.05) is 48.2 Å². The van der Waals surface area contributed by atoms with Gasteiger partial charge in [0.25, 0.3) is 0 Å². The molecule has 0 saturated carbocycles. The molecule has 1 unspecified atom stereocenters. The van der Waals surface area contributed by atoms with E-state index in [0.29, 0.717) is 23.7 Å². The van der Waals surface area contributed by atoms with Crippen LogP contribution in [0.5, 0.6) is 5.75 Å². The molecular weight excluding hydrogens is 377 g/mol. The molecule has 4 aromatic rings. The second-order valence-corrected chi connectivity index (χ2v) is 7.37. The first kappa shape index (κ1) is 17.2. The lowest BCUT2D eigenvalue weighted by molar-refractivity contribution is -0.112. The standard InChI is InChI=1S/C21H16FN3O2S/c22-17-10-15-12-26-20(14-6-2-1-3-7-14)27-19(15)16(11-17)13-28-21-24-23-18-8-4-5-9-25(18)21/h1-11,20H,12-13H2. The first-order valence-electron chi connectivity index (χ1n) is 8.85. The van der Waals surface area contributed by atoms with Crippen molar-refractivity contribution in [3.05, 3.63) is 89.4 Å². The normalized spacial score (nSPS) is 16.0. The number of hydrogen-bond donors (Lipinski definition) is 0. The van der Waals surface area contributed by atoms with Crippen LogP contribution in [-0.4, -0.2) is 14.6 Å². The quantitative estimate of drug-likeness (QED) is 0.468. The zero-order chi connectivity index (χ0) is 18.9. The minimum atomic E-state index is -0.503. The van der Waals surface area contributed by atoms with Crippen molar-refractivity contribution < 1.29 is 13.9 Å². The van der Waals surface area contributed by atoms with E-state index >= 15 is 0 Å². The Hall–Kier alpha value is -2.90. The lowest BCUT2D eigenvalue weighted by atomic mass is 10.1. The predicted molar refractivity (Wildman–Crippen MR) is 104 cm³/mol. The van der Waals surface area contributed by atoms with E-state index in [1.54, 1.807) is 0 Å².